The summed E-state index contributed by atoms with van der Waals surface area (Å²) in [4.78, 5) is 17.7. The first-order chi connectivity index (χ1) is 6.59. The Morgan fingerprint density at radius 1 is 1.73 bits per heavy atom. The zero-order chi connectivity index (χ0) is 10.6. The molecule has 0 aliphatic carbocycles. The maximum Gasteiger partial charge on any atom is 1.00 e. The van der Waals surface area contributed by atoms with Crippen LogP contribution in [0.4, 0.5) is 0 Å². The van der Waals surface area contributed by atoms with Crippen LogP contribution in [-0.2, 0) is 11.3 Å². The summed E-state index contributed by atoms with van der Waals surface area (Å²) >= 11 is 0. The van der Waals surface area contributed by atoms with E-state index in [0.717, 1.165) is 0 Å². The normalized spacial score (nSPS) is 13.0. The fraction of sp³-hybridized carbons (Fsp3) is 0.429. The SMILES string of the molecule is CC([O-])=N[C@@H](Cn1cncn1)C(=O)O.[K+]. The van der Waals surface area contributed by atoms with E-state index in [1.807, 2.05) is 0 Å². The zero-order valence-corrected chi connectivity index (χ0v) is 11.6. The molecule has 0 fully saturated rings. The van der Waals surface area contributed by atoms with E-state index in [1.54, 1.807) is 0 Å². The Bertz CT molecular complexity index is 334. The number of aliphatic carboxylic acids is 1. The standard InChI is InChI=1S/C7H10N4O3.K/c1-5(12)10-6(7(13)14)2-11-4-8-3-9-11;/h3-4,6H,2H2,1H3,(H,10,12)(H,13,14);/q;+1/p-1/t6-;/m0./s1. The van der Waals surface area contributed by atoms with Gasteiger partial charge in [0.15, 0.2) is 6.04 Å². The van der Waals surface area contributed by atoms with E-state index in [-0.39, 0.29) is 57.9 Å². The number of aliphatic imine (C=N–C) groups is 1. The molecule has 15 heavy (non-hydrogen) atoms. The second kappa shape index (κ2) is 7.07. The van der Waals surface area contributed by atoms with Crippen molar-refractivity contribution in [3.8, 4) is 0 Å². The van der Waals surface area contributed by atoms with Crippen molar-refractivity contribution in [3.63, 3.8) is 0 Å². The van der Waals surface area contributed by atoms with E-state index in [2.05, 4.69) is 15.1 Å². The van der Waals surface area contributed by atoms with E-state index in [0.29, 0.717) is 0 Å². The molecule has 0 aliphatic heterocycles. The average molecular weight is 236 g/mol. The molecule has 1 heterocycles. The van der Waals surface area contributed by atoms with Gasteiger partial charge in [-0.15, -0.1) is 0 Å². The summed E-state index contributed by atoms with van der Waals surface area (Å²) in [5.74, 6) is -1.67. The number of hydrogen-bond acceptors (Lipinski definition) is 5. The molecule has 0 bridgehead atoms. The van der Waals surface area contributed by atoms with Gasteiger partial charge >= 0.3 is 57.4 Å². The quantitative estimate of drug-likeness (QED) is 0.322. The number of carboxylic acid groups (broad SMARTS) is 1. The van der Waals surface area contributed by atoms with Crippen molar-refractivity contribution in [3.05, 3.63) is 12.7 Å². The van der Waals surface area contributed by atoms with E-state index in [9.17, 15) is 9.90 Å². The fourth-order valence-corrected chi connectivity index (χ4v) is 0.898. The molecule has 0 aromatic carbocycles. The summed E-state index contributed by atoms with van der Waals surface area (Å²) in [6.07, 6.45) is 2.65. The Morgan fingerprint density at radius 3 is 2.80 bits per heavy atom. The summed E-state index contributed by atoms with van der Waals surface area (Å²) in [6.45, 7) is 1.21. The number of rotatable bonds is 4. The molecule has 1 N–H and O–H groups in total. The van der Waals surface area contributed by atoms with E-state index < -0.39 is 17.9 Å². The van der Waals surface area contributed by atoms with Crippen LogP contribution in [0.15, 0.2) is 17.6 Å². The van der Waals surface area contributed by atoms with Crippen LogP contribution >= 0.6 is 0 Å². The van der Waals surface area contributed by atoms with Gasteiger partial charge in [0.25, 0.3) is 0 Å². The van der Waals surface area contributed by atoms with Gasteiger partial charge in [-0.1, -0.05) is 0 Å². The van der Waals surface area contributed by atoms with Crippen molar-refractivity contribution in [1.82, 2.24) is 14.8 Å². The van der Waals surface area contributed by atoms with Crippen LogP contribution in [0, 0.1) is 0 Å². The van der Waals surface area contributed by atoms with Gasteiger partial charge in [-0.25, -0.2) is 9.78 Å². The monoisotopic (exact) mass is 236 g/mol. The predicted molar refractivity (Wildman–Crippen MR) is 44.6 cm³/mol. The minimum atomic E-state index is -1.16. The summed E-state index contributed by atoms with van der Waals surface area (Å²) < 4.78 is 1.31. The van der Waals surface area contributed by atoms with Gasteiger partial charge in [0.05, 0.1) is 6.54 Å². The first-order valence-electron chi connectivity index (χ1n) is 3.86. The van der Waals surface area contributed by atoms with Gasteiger partial charge in [-0.2, -0.15) is 5.10 Å². The molecule has 0 saturated carbocycles. The van der Waals surface area contributed by atoms with Crippen LogP contribution in [-0.4, -0.2) is 37.8 Å². The van der Waals surface area contributed by atoms with Crippen LogP contribution in [0.25, 0.3) is 0 Å². The Kier molecular flexibility index (Phi) is 6.93. The molecule has 7 nitrogen and oxygen atoms in total. The smallest absolute Gasteiger partial charge is 0.862 e. The van der Waals surface area contributed by atoms with Gasteiger partial charge < -0.3 is 10.2 Å². The second-order valence-electron chi connectivity index (χ2n) is 2.62. The molecule has 0 unspecified atom stereocenters. The maximum absolute atomic E-state index is 10.7. The van der Waals surface area contributed by atoms with Crippen LogP contribution in [0.1, 0.15) is 6.92 Å². The van der Waals surface area contributed by atoms with Crippen LogP contribution < -0.4 is 56.5 Å². The van der Waals surface area contributed by atoms with E-state index >= 15 is 0 Å². The third-order valence-corrected chi connectivity index (χ3v) is 1.45. The second-order valence-corrected chi connectivity index (χ2v) is 2.62. The maximum atomic E-state index is 10.7. The minimum absolute atomic E-state index is 0. The topological polar surface area (TPSA) is 103 Å². The average Bonchev–Trinajstić information content (AvgIpc) is 2.54. The molecule has 1 atom stereocenters. The third kappa shape index (κ3) is 5.38. The molecular formula is C7H9KN4O3. The number of carboxylic acids is 1. The molecule has 1 aromatic rings. The number of hydrogen-bond donors (Lipinski definition) is 1. The van der Waals surface area contributed by atoms with Crippen molar-refractivity contribution in [2.24, 2.45) is 4.99 Å². The summed E-state index contributed by atoms with van der Waals surface area (Å²) in [5, 5.41) is 23.0. The van der Waals surface area contributed by atoms with Crippen molar-refractivity contribution < 1.29 is 66.4 Å². The van der Waals surface area contributed by atoms with Crippen molar-refractivity contribution in [2.45, 2.75) is 19.5 Å². The van der Waals surface area contributed by atoms with Crippen molar-refractivity contribution in [1.29, 1.82) is 0 Å². The van der Waals surface area contributed by atoms with Crippen molar-refractivity contribution >= 4 is 11.9 Å². The Hall–Kier alpha value is -0.284. The Labute approximate surface area is 129 Å². The molecule has 8 heteroatoms. The molecule has 0 aliphatic rings. The first kappa shape index (κ1) is 14.7. The Balaban J connectivity index is 0.00000196. The van der Waals surface area contributed by atoms with Gasteiger partial charge in [0.1, 0.15) is 12.7 Å². The Morgan fingerprint density at radius 2 is 2.40 bits per heavy atom. The zero-order valence-electron chi connectivity index (χ0n) is 8.49. The van der Waals surface area contributed by atoms with Crippen LogP contribution in [0.5, 0.6) is 0 Å². The molecule has 0 amide bonds. The van der Waals surface area contributed by atoms with E-state index in [4.69, 9.17) is 5.11 Å². The molecule has 0 radical (unpaired) electrons. The molecule has 0 spiro atoms. The summed E-state index contributed by atoms with van der Waals surface area (Å²) in [6, 6.07) is -1.10. The molecule has 0 saturated heterocycles. The summed E-state index contributed by atoms with van der Waals surface area (Å²) in [5.41, 5.74) is 0. The fourth-order valence-electron chi connectivity index (χ4n) is 0.898. The van der Waals surface area contributed by atoms with E-state index in [1.165, 1.54) is 24.3 Å². The van der Waals surface area contributed by atoms with Gasteiger partial charge in [-0.3, -0.25) is 9.67 Å². The third-order valence-electron chi connectivity index (χ3n) is 1.45. The molecule has 76 valence electrons. The molecule has 1 rings (SSSR count). The minimum Gasteiger partial charge on any atom is -0.862 e. The largest absolute Gasteiger partial charge is 1.00 e. The number of aromatic nitrogens is 3. The first-order valence-corrected chi connectivity index (χ1v) is 3.86. The van der Waals surface area contributed by atoms with Gasteiger partial charge in [0, 0.05) is 0 Å². The summed E-state index contributed by atoms with van der Waals surface area (Å²) in [7, 11) is 0. The van der Waals surface area contributed by atoms with Gasteiger partial charge in [0.2, 0.25) is 0 Å². The predicted octanol–water partition coefficient (Wildman–Crippen LogP) is -4.49. The molecular weight excluding hydrogens is 227 g/mol. The van der Waals surface area contributed by atoms with Crippen LogP contribution in [0.3, 0.4) is 0 Å². The number of carbonyl (C=O) groups is 1. The van der Waals surface area contributed by atoms with Gasteiger partial charge in [-0.05, 0) is 12.8 Å². The molecule has 1 aromatic heterocycles. The number of nitrogens with zero attached hydrogens (tertiary/aromatic N) is 4. The van der Waals surface area contributed by atoms with Crippen LogP contribution in [0.2, 0.25) is 0 Å². The van der Waals surface area contributed by atoms with Crippen molar-refractivity contribution in [2.75, 3.05) is 0 Å².